The first-order chi connectivity index (χ1) is 12.3. The normalized spacial score (nSPS) is 10.6. The van der Waals surface area contributed by atoms with E-state index in [0.717, 1.165) is 28.1 Å². The molecule has 4 aromatic rings. The minimum atomic E-state index is 0.518. The summed E-state index contributed by atoms with van der Waals surface area (Å²) in [5.74, 6) is 0.518. The van der Waals surface area contributed by atoms with Crippen LogP contribution in [0.5, 0.6) is 0 Å². The fraction of sp³-hybridized carbons (Fsp3) is 0. The Bertz CT molecular complexity index is 1000. The summed E-state index contributed by atoms with van der Waals surface area (Å²) in [4.78, 5) is 4.79. The Morgan fingerprint density at radius 1 is 0.560 bits per heavy atom. The fourth-order valence-corrected chi connectivity index (χ4v) is 2.89. The van der Waals surface area contributed by atoms with Gasteiger partial charge in [0.25, 0.3) is 0 Å². The molecule has 0 aliphatic carbocycles. The first-order valence-corrected chi connectivity index (χ1v) is 8.31. The Labute approximate surface area is 151 Å². The van der Waals surface area contributed by atoms with Crippen LogP contribution in [0.4, 0.5) is 0 Å². The molecule has 0 radical (unpaired) electrons. The first-order valence-electron chi connectivity index (χ1n) is 7.93. The molecule has 0 bridgehead atoms. The Hall–Kier alpha value is -3.04. The van der Waals surface area contributed by atoms with E-state index in [0.29, 0.717) is 10.8 Å². The lowest BCUT2D eigenvalue weighted by atomic mass is 10.0. The van der Waals surface area contributed by atoms with Crippen molar-refractivity contribution in [1.29, 1.82) is 0 Å². The van der Waals surface area contributed by atoms with E-state index in [-0.39, 0.29) is 0 Å². The molecule has 0 fully saturated rings. The molecule has 4 rings (SSSR count). The molecular formula is C21H14ClN3. The molecule has 0 saturated heterocycles. The van der Waals surface area contributed by atoms with Gasteiger partial charge in [-0.2, -0.15) is 0 Å². The second-order valence-corrected chi connectivity index (χ2v) is 5.95. The van der Waals surface area contributed by atoms with Gasteiger partial charge in [0.05, 0.1) is 5.02 Å². The lowest BCUT2D eigenvalue weighted by molar-refractivity contribution is 0.991. The van der Waals surface area contributed by atoms with Gasteiger partial charge < -0.3 is 0 Å². The number of rotatable bonds is 3. The van der Waals surface area contributed by atoms with E-state index in [4.69, 9.17) is 16.6 Å². The Morgan fingerprint density at radius 3 is 1.76 bits per heavy atom. The maximum Gasteiger partial charge on any atom is 0.183 e. The van der Waals surface area contributed by atoms with Crippen LogP contribution in [0.2, 0.25) is 5.02 Å². The van der Waals surface area contributed by atoms with E-state index in [1.165, 1.54) is 0 Å². The molecule has 0 aliphatic rings. The van der Waals surface area contributed by atoms with Gasteiger partial charge in [-0.3, -0.25) is 0 Å². The van der Waals surface area contributed by atoms with Gasteiger partial charge in [-0.1, -0.05) is 84.4 Å². The molecule has 120 valence electrons. The van der Waals surface area contributed by atoms with Crippen molar-refractivity contribution in [2.24, 2.45) is 0 Å². The highest BCUT2D eigenvalue weighted by Gasteiger charge is 2.15. The van der Waals surface area contributed by atoms with E-state index in [1.54, 1.807) is 0 Å². The lowest BCUT2D eigenvalue weighted by Gasteiger charge is -2.10. The summed E-state index contributed by atoms with van der Waals surface area (Å²) in [6, 6.07) is 27.5. The molecule has 0 spiro atoms. The van der Waals surface area contributed by atoms with Crippen molar-refractivity contribution in [1.82, 2.24) is 15.2 Å². The number of nitrogens with zero attached hydrogens (tertiary/aromatic N) is 3. The summed E-state index contributed by atoms with van der Waals surface area (Å²) in [6.45, 7) is 0. The predicted octanol–water partition coefficient (Wildman–Crippen LogP) is 5.53. The van der Waals surface area contributed by atoms with Crippen LogP contribution in [-0.4, -0.2) is 15.2 Å². The van der Waals surface area contributed by atoms with Gasteiger partial charge in [0.2, 0.25) is 0 Å². The fourth-order valence-electron chi connectivity index (χ4n) is 2.67. The average Bonchev–Trinajstić information content (AvgIpc) is 2.69. The zero-order valence-electron chi connectivity index (χ0n) is 13.3. The molecule has 0 unspecified atom stereocenters. The number of hydrogen-bond acceptors (Lipinski definition) is 3. The first kappa shape index (κ1) is 15.5. The van der Waals surface area contributed by atoms with E-state index in [9.17, 15) is 0 Å². The van der Waals surface area contributed by atoms with E-state index in [1.807, 2.05) is 84.9 Å². The number of halogens is 1. The second-order valence-electron chi connectivity index (χ2n) is 5.54. The maximum atomic E-state index is 6.31. The monoisotopic (exact) mass is 343 g/mol. The van der Waals surface area contributed by atoms with Gasteiger partial charge >= 0.3 is 0 Å². The smallest absolute Gasteiger partial charge is 0.183 e. The zero-order chi connectivity index (χ0) is 17.1. The minimum absolute atomic E-state index is 0.518. The Kier molecular flexibility index (Phi) is 4.23. The van der Waals surface area contributed by atoms with Crippen LogP contribution < -0.4 is 0 Å². The topological polar surface area (TPSA) is 38.7 Å². The molecule has 0 atom stereocenters. The van der Waals surface area contributed by atoms with Gasteiger partial charge in [-0.15, -0.1) is 10.2 Å². The highest BCUT2D eigenvalue weighted by atomic mass is 35.5. The van der Waals surface area contributed by atoms with Crippen LogP contribution in [0.25, 0.3) is 33.9 Å². The highest BCUT2D eigenvalue weighted by molar-refractivity contribution is 6.33. The Morgan fingerprint density at radius 2 is 1.12 bits per heavy atom. The summed E-state index contributed by atoms with van der Waals surface area (Å²) in [5.41, 5.74) is 4.28. The van der Waals surface area contributed by atoms with Crippen LogP contribution in [0.1, 0.15) is 0 Å². The van der Waals surface area contributed by atoms with Crippen molar-refractivity contribution >= 4 is 11.6 Å². The SMILES string of the molecule is Clc1ccccc1-c1nnc(-c2ccccc2)c(-c2ccccc2)n1. The molecule has 0 N–H and O–H groups in total. The third kappa shape index (κ3) is 3.14. The summed E-state index contributed by atoms with van der Waals surface area (Å²) >= 11 is 6.31. The van der Waals surface area contributed by atoms with Gasteiger partial charge in [-0.05, 0) is 12.1 Å². The van der Waals surface area contributed by atoms with Crippen molar-refractivity contribution < 1.29 is 0 Å². The molecular weight excluding hydrogens is 330 g/mol. The number of aromatic nitrogens is 3. The summed E-state index contributed by atoms with van der Waals surface area (Å²) in [7, 11) is 0. The molecule has 4 heteroatoms. The molecule has 0 amide bonds. The Balaban J connectivity index is 1.94. The minimum Gasteiger partial charge on any atom is -0.224 e. The summed E-state index contributed by atoms with van der Waals surface area (Å²) < 4.78 is 0. The van der Waals surface area contributed by atoms with E-state index < -0.39 is 0 Å². The van der Waals surface area contributed by atoms with Gasteiger partial charge in [-0.25, -0.2) is 4.98 Å². The second kappa shape index (κ2) is 6.83. The lowest BCUT2D eigenvalue weighted by Crippen LogP contribution is -2.00. The van der Waals surface area contributed by atoms with E-state index in [2.05, 4.69) is 10.2 Å². The highest BCUT2D eigenvalue weighted by Crippen LogP contribution is 2.31. The van der Waals surface area contributed by atoms with Crippen LogP contribution in [-0.2, 0) is 0 Å². The average molecular weight is 344 g/mol. The van der Waals surface area contributed by atoms with Gasteiger partial charge in [0, 0.05) is 16.7 Å². The van der Waals surface area contributed by atoms with Crippen LogP contribution in [0.15, 0.2) is 84.9 Å². The van der Waals surface area contributed by atoms with Crippen LogP contribution in [0, 0.1) is 0 Å². The van der Waals surface area contributed by atoms with Crippen LogP contribution >= 0.6 is 11.6 Å². The van der Waals surface area contributed by atoms with Gasteiger partial charge in [0.1, 0.15) is 11.4 Å². The standard InChI is InChI=1S/C21H14ClN3/c22-18-14-8-7-13-17(18)21-23-19(15-9-3-1-4-10-15)20(24-25-21)16-11-5-2-6-12-16/h1-14H. The molecule has 3 nitrogen and oxygen atoms in total. The predicted molar refractivity (Wildman–Crippen MR) is 101 cm³/mol. The third-order valence-corrected chi connectivity index (χ3v) is 4.23. The summed E-state index contributed by atoms with van der Waals surface area (Å²) in [5, 5.41) is 9.41. The molecule has 3 aromatic carbocycles. The van der Waals surface area contributed by atoms with Crippen molar-refractivity contribution in [3.05, 3.63) is 90.0 Å². The van der Waals surface area contributed by atoms with Gasteiger partial charge in [0.15, 0.2) is 5.82 Å². The van der Waals surface area contributed by atoms with Crippen molar-refractivity contribution in [3.8, 4) is 33.9 Å². The molecule has 25 heavy (non-hydrogen) atoms. The molecule has 0 aliphatic heterocycles. The van der Waals surface area contributed by atoms with Crippen molar-refractivity contribution in [2.75, 3.05) is 0 Å². The largest absolute Gasteiger partial charge is 0.224 e. The quantitative estimate of drug-likeness (QED) is 0.491. The zero-order valence-corrected chi connectivity index (χ0v) is 14.1. The molecule has 1 aromatic heterocycles. The van der Waals surface area contributed by atoms with Crippen molar-refractivity contribution in [2.45, 2.75) is 0 Å². The van der Waals surface area contributed by atoms with Crippen molar-refractivity contribution in [3.63, 3.8) is 0 Å². The number of benzene rings is 3. The summed E-state index contributed by atoms with van der Waals surface area (Å²) in [6.07, 6.45) is 0. The molecule has 0 saturated carbocycles. The van der Waals surface area contributed by atoms with Crippen LogP contribution in [0.3, 0.4) is 0 Å². The molecule has 1 heterocycles. The third-order valence-electron chi connectivity index (χ3n) is 3.90. The van der Waals surface area contributed by atoms with E-state index >= 15 is 0 Å². The maximum absolute atomic E-state index is 6.31. The number of hydrogen-bond donors (Lipinski definition) is 0.